The summed E-state index contributed by atoms with van der Waals surface area (Å²) in [5, 5.41) is 3.87. The van der Waals surface area contributed by atoms with E-state index in [0.717, 1.165) is 77.2 Å². The Morgan fingerprint density at radius 3 is 1.16 bits per heavy atom. The van der Waals surface area contributed by atoms with Gasteiger partial charge in [0.25, 0.3) is 0 Å². The Labute approximate surface area is 290 Å². The fourth-order valence-electron chi connectivity index (χ4n) is 7.61. The molecule has 0 saturated carbocycles. The van der Waals surface area contributed by atoms with Gasteiger partial charge >= 0.3 is 7.82 Å². The van der Waals surface area contributed by atoms with E-state index in [1.807, 2.05) is 24.3 Å². The van der Waals surface area contributed by atoms with Gasteiger partial charge in [-0.1, -0.05) is 114 Å². The molecule has 4 nitrogen and oxygen atoms in total. The van der Waals surface area contributed by atoms with Crippen molar-refractivity contribution in [3.8, 4) is 44.9 Å². The summed E-state index contributed by atoms with van der Waals surface area (Å²) >= 11 is 0. The number of rotatable bonds is 2. The third-order valence-corrected chi connectivity index (χ3v) is 10.8. The summed E-state index contributed by atoms with van der Waals surface area (Å²) in [7, 11) is -4.68. The van der Waals surface area contributed by atoms with Crippen molar-refractivity contribution < 1.29 is 18.5 Å². The van der Waals surface area contributed by atoms with E-state index in [9.17, 15) is 9.46 Å². The van der Waals surface area contributed by atoms with Crippen molar-refractivity contribution in [3.05, 3.63) is 118 Å². The van der Waals surface area contributed by atoms with Gasteiger partial charge in [-0.15, -0.1) is 0 Å². The largest absolute Gasteiger partial charge is 0.584 e. The predicted molar refractivity (Wildman–Crippen MR) is 205 cm³/mol. The van der Waals surface area contributed by atoms with Crippen LogP contribution in [0.15, 0.2) is 84.9 Å². The fraction of sp³-hybridized carbons (Fsp3) is 0.273. The first-order valence-corrected chi connectivity index (χ1v) is 18.5. The van der Waals surface area contributed by atoms with Crippen LogP contribution in [0.4, 0.5) is 0 Å². The molecule has 0 saturated heterocycles. The summed E-state index contributed by atoms with van der Waals surface area (Å²) in [6.07, 6.45) is 0. The molecule has 0 aliphatic carbocycles. The van der Waals surface area contributed by atoms with Crippen LogP contribution in [0.3, 0.4) is 0 Å². The maximum Gasteiger partial charge on any atom is 0.584 e. The minimum atomic E-state index is -4.68. The normalized spacial score (nSPS) is 14.2. The molecule has 1 aliphatic rings. The highest BCUT2D eigenvalue weighted by Crippen LogP contribution is 2.62. The molecule has 0 unspecified atom stereocenters. The number of hydrogen-bond acceptors (Lipinski definition) is 3. The molecule has 5 heteroatoms. The van der Waals surface area contributed by atoms with Crippen LogP contribution in [0.5, 0.6) is 11.5 Å². The Morgan fingerprint density at radius 2 is 0.837 bits per heavy atom. The van der Waals surface area contributed by atoms with E-state index in [2.05, 4.69) is 130 Å². The van der Waals surface area contributed by atoms with Crippen molar-refractivity contribution >= 4 is 29.4 Å². The molecule has 7 rings (SSSR count). The van der Waals surface area contributed by atoms with Gasteiger partial charge in [0.1, 0.15) is 11.5 Å². The molecule has 1 heterocycles. The third-order valence-electron chi connectivity index (χ3n) is 10.0. The van der Waals surface area contributed by atoms with Crippen LogP contribution in [0.25, 0.3) is 54.9 Å². The molecule has 0 atom stereocenters. The van der Waals surface area contributed by atoms with Crippen molar-refractivity contribution in [2.75, 3.05) is 0 Å². The third kappa shape index (κ3) is 5.66. The maximum atomic E-state index is 14.2. The van der Waals surface area contributed by atoms with Gasteiger partial charge in [0.2, 0.25) is 0 Å². The predicted octanol–water partition coefficient (Wildman–Crippen LogP) is 12.7. The Morgan fingerprint density at radius 1 is 0.510 bits per heavy atom. The summed E-state index contributed by atoms with van der Waals surface area (Å²) < 4.78 is 26.8. The summed E-state index contributed by atoms with van der Waals surface area (Å²) in [4.78, 5) is 11.6. The molecule has 0 aromatic heterocycles. The SMILES string of the molecule is Cc1cc(C(C)(C)C)cc(C)c1-c1cc2ccccc2c2c1OP(=O)(O)Oc1c(-c3c(C)cc(C(C)(C)C)cc3C)cc3ccccc3c1-2. The molecule has 0 amide bonds. The Bertz CT molecular complexity index is 2180. The Hall–Kier alpha value is -4.37. The van der Waals surface area contributed by atoms with Gasteiger partial charge in [-0.05, 0) is 117 Å². The molecule has 250 valence electrons. The van der Waals surface area contributed by atoms with Crippen LogP contribution < -0.4 is 9.05 Å². The molecule has 0 bridgehead atoms. The molecule has 0 radical (unpaired) electrons. The van der Waals surface area contributed by atoms with Crippen molar-refractivity contribution in [2.24, 2.45) is 0 Å². The first kappa shape index (κ1) is 33.1. The highest BCUT2D eigenvalue weighted by atomic mass is 31.2. The van der Waals surface area contributed by atoms with Crippen LogP contribution in [-0.2, 0) is 15.4 Å². The van der Waals surface area contributed by atoms with Gasteiger partial charge in [0, 0.05) is 22.3 Å². The van der Waals surface area contributed by atoms with Crippen molar-refractivity contribution in [2.45, 2.75) is 80.1 Å². The zero-order valence-corrected chi connectivity index (χ0v) is 31.1. The zero-order chi connectivity index (χ0) is 35.2. The lowest BCUT2D eigenvalue weighted by Gasteiger charge is -2.24. The average Bonchev–Trinajstić information content (AvgIpc) is 3.13. The van der Waals surface area contributed by atoms with Crippen LogP contribution in [0.2, 0.25) is 0 Å². The molecule has 0 spiro atoms. The van der Waals surface area contributed by atoms with Crippen LogP contribution in [0.1, 0.15) is 74.9 Å². The van der Waals surface area contributed by atoms with E-state index in [1.54, 1.807) is 0 Å². The highest BCUT2D eigenvalue weighted by molar-refractivity contribution is 7.48. The summed E-state index contributed by atoms with van der Waals surface area (Å²) in [6.45, 7) is 21.7. The van der Waals surface area contributed by atoms with Crippen molar-refractivity contribution in [1.82, 2.24) is 0 Å². The summed E-state index contributed by atoms with van der Waals surface area (Å²) in [5.74, 6) is 0.716. The van der Waals surface area contributed by atoms with Gasteiger partial charge in [0.15, 0.2) is 0 Å². The zero-order valence-electron chi connectivity index (χ0n) is 30.2. The number of phosphoric ester groups is 1. The van der Waals surface area contributed by atoms with E-state index in [4.69, 9.17) is 9.05 Å². The standard InChI is InChI=1S/C44H45O4P/c1-25-19-31(43(5,6)7)20-26(2)37(25)35-23-29-15-11-13-17-33(29)39-40-34-18-14-12-16-30(34)24-36(42(40)48-49(45,46)47-41(35)39)38-27(3)21-32(22-28(38)4)44(8,9)10/h11-24H,1-10H3,(H,45,46). The Balaban J connectivity index is 1.66. The van der Waals surface area contributed by atoms with Gasteiger partial charge in [0.05, 0.1) is 0 Å². The quantitative estimate of drug-likeness (QED) is 0.187. The van der Waals surface area contributed by atoms with Crippen LogP contribution >= 0.6 is 7.82 Å². The van der Waals surface area contributed by atoms with Crippen molar-refractivity contribution in [1.29, 1.82) is 0 Å². The molecule has 1 aliphatic heterocycles. The monoisotopic (exact) mass is 668 g/mol. The smallest absolute Gasteiger partial charge is 0.394 e. The van der Waals surface area contributed by atoms with Gasteiger partial charge in [-0.25, -0.2) is 4.57 Å². The highest BCUT2D eigenvalue weighted by Gasteiger charge is 2.38. The van der Waals surface area contributed by atoms with E-state index >= 15 is 0 Å². The van der Waals surface area contributed by atoms with Crippen molar-refractivity contribution in [3.63, 3.8) is 0 Å². The molecular weight excluding hydrogens is 623 g/mol. The molecule has 6 aromatic rings. The maximum absolute atomic E-state index is 14.2. The van der Waals surface area contributed by atoms with E-state index in [-0.39, 0.29) is 10.8 Å². The molecule has 49 heavy (non-hydrogen) atoms. The average molecular weight is 669 g/mol. The van der Waals surface area contributed by atoms with E-state index < -0.39 is 7.82 Å². The summed E-state index contributed by atoms with van der Waals surface area (Å²) in [5.41, 5.74) is 11.7. The molecule has 0 fully saturated rings. The van der Waals surface area contributed by atoms with Gasteiger partial charge in [-0.3, -0.25) is 4.89 Å². The van der Waals surface area contributed by atoms with E-state index in [1.165, 1.54) is 11.1 Å². The number of phosphoric acid groups is 1. The minimum absolute atomic E-state index is 0.0327. The van der Waals surface area contributed by atoms with Crippen LogP contribution in [0, 0.1) is 27.7 Å². The number of aryl methyl sites for hydroxylation is 4. The minimum Gasteiger partial charge on any atom is -0.394 e. The number of hydrogen-bond donors (Lipinski definition) is 1. The second kappa shape index (κ2) is 11.3. The lowest BCUT2D eigenvalue weighted by atomic mass is 9.80. The van der Waals surface area contributed by atoms with Gasteiger partial charge < -0.3 is 9.05 Å². The number of fused-ring (bicyclic) bond motifs is 7. The lowest BCUT2D eigenvalue weighted by Crippen LogP contribution is -2.12. The Kier molecular flexibility index (Phi) is 7.67. The first-order valence-electron chi connectivity index (χ1n) is 17.0. The summed E-state index contributed by atoms with van der Waals surface area (Å²) in [6, 6.07) is 29.5. The molecular formula is C44H45O4P. The van der Waals surface area contributed by atoms with Gasteiger partial charge in [-0.2, -0.15) is 0 Å². The second-order valence-electron chi connectivity index (χ2n) is 15.8. The fourth-order valence-corrected chi connectivity index (χ4v) is 8.48. The second-order valence-corrected chi connectivity index (χ2v) is 17.1. The topological polar surface area (TPSA) is 55.8 Å². The lowest BCUT2D eigenvalue weighted by molar-refractivity contribution is 0.295. The first-order chi connectivity index (χ1) is 22.9. The van der Waals surface area contributed by atoms with Crippen LogP contribution in [-0.4, -0.2) is 4.89 Å². The van der Waals surface area contributed by atoms with E-state index in [0.29, 0.717) is 11.5 Å². The molecule has 6 aromatic carbocycles. The molecule has 1 N–H and O–H groups in total. The number of benzene rings is 6.